The minimum Gasteiger partial charge on any atom is -0.496 e. The van der Waals surface area contributed by atoms with Crippen LogP contribution in [-0.4, -0.2) is 60.0 Å². The van der Waals surface area contributed by atoms with E-state index in [-0.39, 0.29) is 24.7 Å². The molecule has 9 nitrogen and oxygen atoms in total. The van der Waals surface area contributed by atoms with E-state index in [1.54, 1.807) is 34.8 Å². The first-order chi connectivity index (χ1) is 16.0. The van der Waals surface area contributed by atoms with Gasteiger partial charge in [-0.05, 0) is 24.6 Å². The molecule has 33 heavy (non-hydrogen) atoms. The molecule has 2 amide bonds. The Morgan fingerprint density at radius 2 is 1.91 bits per heavy atom. The van der Waals surface area contributed by atoms with Crippen molar-refractivity contribution in [1.29, 1.82) is 0 Å². The molecule has 0 spiro atoms. The van der Waals surface area contributed by atoms with E-state index in [2.05, 4.69) is 5.32 Å². The molecule has 2 aliphatic rings. The third-order valence-electron chi connectivity index (χ3n) is 6.68. The lowest BCUT2D eigenvalue weighted by atomic mass is 9.87. The zero-order valence-electron chi connectivity index (χ0n) is 19.0. The lowest BCUT2D eigenvalue weighted by molar-refractivity contribution is -0.148. The summed E-state index contributed by atoms with van der Waals surface area (Å²) in [5, 5.41) is 13.1. The first-order valence-corrected chi connectivity index (χ1v) is 11.1. The number of benzene rings is 1. The molecule has 1 saturated heterocycles. The number of nitrogens with one attached hydrogen (secondary N) is 1. The molecule has 1 aromatic heterocycles. The highest BCUT2D eigenvalue weighted by Crippen LogP contribution is 2.48. The van der Waals surface area contributed by atoms with Crippen LogP contribution in [0.2, 0.25) is 0 Å². The fourth-order valence-corrected chi connectivity index (χ4v) is 5.18. The van der Waals surface area contributed by atoms with Crippen molar-refractivity contribution in [3.63, 3.8) is 0 Å². The van der Waals surface area contributed by atoms with Gasteiger partial charge in [-0.15, -0.1) is 0 Å². The Morgan fingerprint density at radius 1 is 1.15 bits per heavy atom. The number of para-hydroxylation sites is 1. The van der Waals surface area contributed by atoms with Gasteiger partial charge in [0.15, 0.2) is 0 Å². The fourth-order valence-electron chi connectivity index (χ4n) is 5.18. The largest absolute Gasteiger partial charge is 0.496 e. The number of aliphatic hydroxyl groups excluding tert-OH is 1. The van der Waals surface area contributed by atoms with Gasteiger partial charge in [0.25, 0.3) is 5.56 Å². The number of carbonyl (C=O) groups is 2. The van der Waals surface area contributed by atoms with E-state index in [9.17, 15) is 19.5 Å². The predicted octanol–water partition coefficient (Wildman–Crippen LogP) is 1.78. The molecule has 4 rings (SSSR count). The number of esters is 1. The summed E-state index contributed by atoms with van der Waals surface area (Å²) >= 11 is 0. The second-order valence-corrected chi connectivity index (χ2v) is 8.33. The Kier molecular flexibility index (Phi) is 6.42. The van der Waals surface area contributed by atoms with Crippen LogP contribution in [-0.2, 0) is 16.1 Å². The van der Waals surface area contributed by atoms with Crippen LogP contribution in [0.5, 0.6) is 5.75 Å². The number of methoxy groups -OCH3 is 2. The number of aromatic nitrogens is 1. The minimum atomic E-state index is -0.775. The average molecular weight is 456 g/mol. The zero-order chi connectivity index (χ0) is 23.7. The standard InChI is InChI=1S/C24H29N3O6/c1-4-11-25-24(31)27-18-12-26-17(21(27)20(16(18)13-28)23(30)33-3)10-9-15(22(26)29)14-7-5-6-8-19(14)32-2/h5-10,16,18,20-21,28H,4,11-13H2,1-3H3,(H,25,31)/t16-,18-,20+,21+/m1/s1. The van der Waals surface area contributed by atoms with Gasteiger partial charge in [0.1, 0.15) is 5.75 Å². The van der Waals surface area contributed by atoms with Crippen LogP contribution in [0.25, 0.3) is 11.1 Å². The quantitative estimate of drug-likeness (QED) is 0.643. The van der Waals surface area contributed by atoms with Gasteiger partial charge >= 0.3 is 12.0 Å². The van der Waals surface area contributed by atoms with Crippen LogP contribution in [0.1, 0.15) is 25.1 Å². The molecule has 1 fully saturated rings. The monoisotopic (exact) mass is 455 g/mol. The molecule has 0 saturated carbocycles. The van der Waals surface area contributed by atoms with Gasteiger partial charge in [-0.3, -0.25) is 9.59 Å². The SMILES string of the molecule is CCCNC(=O)N1[C@@H]2Cn3c(ccc(-c4ccccc4OC)c3=O)[C@H]1[C@@H](C(=O)OC)[C@@H]2CO. The second kappa shape index (κ2) is 9.27. The summed E-state index contributed by atoms with van der Waals surface area (Å²) < 4.78 is 12.1. The molecule has 2 aromatic rings. The predicted molar refractivity (Wildman–Crippen MR) is 121 cm³/mol. The first kappa shape index (κ1) is 22.8. The van der Waals surface area contributed by atoms with E-state index < -0.39 is 29.9 Å². The van der Waals surface area contributed by atoms with E-state index >= 15 is 0 Å². The number of hydrogen-bond donors (Lipinski definition) is 2. The number of fused-ring (bicyclic) bond motifs is 4. The van der Waals surface area contributed by atoms with Crippen molar-refractivity contribution in [1.82, 2.24) is 14.8 Å². The maximum atomic E-state index is 13.6. The zero-order valence-corrected chi connectivity index (χ0v) is 19.0. The Balaban J connectivity index is 1.86. The molecular formula is C24H29N3O6. The summed E-state index contributed by atoms with van der Waals surface area (Å²) in [6, 6.07) is 9.19. The van der Waals surface area contributed by atoms with Gasteiger partial charge in [-0.25, -0.2) is 4.79 Å². The van der Waals surface area contributed by atoms with E-state index in [4.69, 9.17) is 9.47 Å². The molecule has 3 heterocycles. The van der Waals surface area contributed by atoms with Crippen LogP contribution >= 0.6 is 0 Å². The number of urea groups is 1. The van der Waals surface area contributed by atoms with Crippen LogP contribution in [0.3, 0.4) is 0 Å². The van der Waals surface area contributed by atoms with Gasteiger partial charge < -0.3 is 29.4 Å². The number of rotatable bonds is 6. The molecule has 0 unspecified atom stereocenters. The van der Waals surface area contributed by atoms with Gasteiger partial charge in [-0.2, -0.15) is 0 Å². The maximum absolute atomic E-state index is 13.6. The van der Waals surface area contributed by atoms with E-state index in [0.29, 0.717) is 29.1 Å². The Morgan fingerprint density at radius 3 is 2.58 bits per heavy atom. The van der Waals surface area contributed by atoms with E-state index in [0.717, 1.165) is 6.42 Å². The number of pyridine rings is 1. The lowest BCUT2D eigenvalue weighted by Crippen LogP contribution is -2.52. The molecule has 0 aliphatic carbocycles. The summed E-state index contributed by atoms with van der Waals surface area (Å²) in [6.45, 7) is 2.31. The second-order valence-electron chi connectivity index (χ2n) is 8.33. The number of ether oxygens (including phenoxy) is 2. The molecule has 0 radical (unpaired) electrons. The summed E-state index contributed by atoms with van der Waals surface area (Å²) in [4.78, 5) is 41.1. The van der Waals surface area contributed by atoms with Crippen LogP contribution < -0.4 is 15.6 Å². The van der Waals surface area contributed by atoms with Crippen molar-refractivity contribution < 1.29 is 24.2 Å². The van der Waals surface area contributed by atoms with Crippen molar-refractivity contribution in [2.45, 2.75) is 32.0 Å². The summed E-state index contributed by atoms with van der Waals surface area (Å²) in [5.74, 6) is -1.26. The molecule has 1 aromatic carbocycles. The Bertz CT molecular complexity index is 1110. The van der Waals surface area contributed by atoms with Crippen molar-refractivity contribution in [2.24, 2.45) is 11.8 Å². The summed E-state index contributed by atoms with van der Waals surface area (Å²) in [7, 11) is 2.84. The summed E-state index contributed by atoms with van der Waals surface area (Å²) in [6.07, 6.45) is 0.761. The maximum Gasteiger partial charge on any atom is 0.318 e. The third kappa shape index (κ3) is 3.66. The number of hydrogen-bond acceptors (Lipinski definition) is 6. The van der Waals surface area contributed by atoms with Crippen molar-refractivity contribution >= 4 is 12.0 Å². The molecule has 2 N–H and O–H groups in total. The normalized spacial score (nSPS) is 23.1. The Labute approximate surface area is 191 Å². The number of nitrogens with zero attached hydrogens (tertiary/aromatic N) is 2. The number of amides is 2. The first-order valence-electron chi connectivity index (χ1n) is 11.1. The molecule has 9 heteroatoms. The Hall–Kier alpha value is -3.33. The lowest BCUT2D eigenvalue weighted by Gasteiger charge is -2.38. The van der Waals surface area contributed by atoms with Crippen molar-refractivity contribution in [3.05, 3.63) is 52.4 Å². The van der Waals surface area contributed by atoms with Gasteiger partial charge in [0.2, 0.25) is 0 Å². The topological polar surface area (TPSA) is 110 Å². The van der Waals surface area contributed by atoms with E-state index in [1.807, 2.05) is 25.1 Å². The molecule has 2 bridgehead atoms. The van der Waals surface area contributed by atoms with Crippen LogP contribution in [0, 0.1) is 11.8 Å². The molecule has 4 atom stereocenters. The number of carbonyl (C=O) groups excluding carboxylic acids is 2. The summed E-state index contributed by atoms with van der Waals surface area (Å²) in [5.41, 5.74) is 1.45. The molecular weight excluding hydrogens is 426 g/mol. The molecule has 176 valence electrons. The van der Waals surface area contributed by atoms with Crippen LogP contribution in [0.4, 0.5) is 4.79 Å². The minimum absolute atomic E-state index is 0.173. The highest BCUT2D eigenvalue weighted by atomic mass is 16.5. The van der Waals surface area contributed by atoms with Gasteiger partial charge in [-0.1, -0.05) is 25.1 Å². The van der Waals surface area contributed by atoms with Crippen LogP contribution in [0.15, 0.2) is 41.2 Å². The van der Waals surface area contributed by atoms with Gasteiger partial charge in [0, 0.05) is 36.9 Å². The smallest absolute Gasteiger partial charge is 0.318 e. The average Bonchev–Trinajstić information content (AvgIpc) is 3.09. The van der Waals surface area contributed by atoms with Gasteiger partial charge in [0.05, 0.1) is 37.8 Å². The number of aliphatic hydroxyl groups is 1. The highest BCUT2D eigenvalue weighted by molar-refractivity contribution is 5.81. The highest BCUT2D eigenvalue weighted by Gasteiger charge is 2.58. The fraction of sp³-hybridized carbons (Fsp3) is 0.458. The molecule has 2 aliphatic heterocycles. The third-order valence-corrected chi connectivity index (χ3v) is 6.68. The van der Waals surface area contributed by atoms with E-state index in [1.165, 1.54) is 7.11 Å². The van der Waals surface area contributed by atoms with Crippen molar-refractivity contribution in [2.75, 3.05) is 27.4 Å². The van der Waals surface area contributed by atoms with Crippen molar-refractivity contribution in [3.8, 4) is 16.9 Å².